The molecule has 1 amide bonds. The van der Waals surface area contributed by atoms with E-state index in [1.807, 2.05) is 18.2 Å². The third-order valence-corrected chi connectivity index (χ3v) is 3.10. The predicted octanol–water partition coefficient (Wildman–Crippen LogP) is 1.98. The molecular formula is C11H12BrNO2. The number of methoxy groups -OCH3 is 1. The van der Waals surface area contributed by atoms with Crippen LogP contribution in [-0.2, 0) is 11.2 Å². The molecule has 1 aliphatic rings. The van der Waals surface area contributed by atoms with Gasteiger partial charge in [0.15, 0.2) is 0 Å². The van der Waals surface area contributed by atoms with Gasteiger partial charge in [0.2, 0.25) is 5.91 Å². The highest BCUT2D eigenvalue weighted by Crippen LogP contribution is 2.34. The number of rotatable bonds is 2. The molecule has 1 heterocycles. The van der Waals surface area contributed by atoms with Gasteiger partial charge in [-0.2, -0.15) is 0 Å². The van der Waals surface area contributed by atoms with Crippen LogP contribution in [0.2, 0.25) is 0 Å². The Labute approximate surface area is 97.2 Å². The van der Waals surface area contributed by atoms with Crippen LogP contribution in [0.4, 0.5) is 5.69 Å². The van der Waals surface area contributed by atoms with Crippen molar-refractivity contribution in [2.24, 2.45) is 0 Å². The minimum Gasteiger partial charge on any atom is -0.496 e. The molecule has 15 heavy (non-hydrogen) atoms. The lowest BCUT2D eigenvalue weighted by atomic mass is 10.1. The predicted molar refractivity (Wildman–Crippen MR) is 62.8 cm³/mol. The van der Waals surface area contributed by atoms with E-state index in [0.29, 0.717) is 5.33 Å². The summed E-state index contributed by atoms with van der Waals surface area (Å²) in [7, 11) is 1.66. The van der Waals surface area contributed by atoms with Crippen LogP contribution in [0.5, 0.6) is 5.75 Å². The smallest absolute Gasteiger partial charge is 0.237 e. The van der Waals surface area contributed by atoms with Crippen molar-refractivity contribution in [2.75, 3.05) is 23.9 Å². The van der Waals surface area contributed by atoms with Crippen LogP contribution in [0, 0.1) is 0 Å². The molecule has 0 unspecified atom stereocenters. The molecule has 80 valence electrons. The van der Waals surface area contributed by atoms with Crippen LogP contribution in [-0.4, -0.2) is 24.9 Å². The first-order valence-corrected chi connectivity index (χ1v) is 5.92. The summed E-state index contributed by atoms with van der Waals surface area (Å²) in [4.78, 5) is 13.4. The molecule has 0 bridgehead atoms. The first-order chi connectivity index (χ1) is 7.27. The lowest BCUT2D eigenvalue weighted by Gasteiger charge is -2.16. The molecule has 0 saturated carbocycles. The molecule has 3 nitrogen and oxygen atoms in total. The van der Waals surface area contributed by atoms with E-state index in [1.54, 1.807) is 12.0 Å². The Bertz CT molecular complexity index is 392. The fraction of sp³-hybridized carbons (Fsp3) is 0.364. The van der Waals surface area contributed by atoms with Crippen LogP contribution in [0.15, 0.2) is 18.2 Å². The van der Waals surface area contributed by atoms with Crippen LogP contribution in [0.25, 0.3) is 0 Å². The number of hydrogen-bond acceptors (Lipinski definition) is 2. The number of carbonyl (C=O) groups excluding carboxylic acids is 1. The number of nitrogens with zero attached hydrogens (tertiary/aromatic N) is 1. The number of hydrogen-bond donors (Lipinski definition) is 0. The van der Waals surface area contributed by atoms with E-state index in [4.69, 9.17) is 4.74 Å². The summed E-state index contributed by atoms with van der Waals surface area (Å²) < 4.78 is 5.27. The molecule has 1 aromatic carbocycles. The molecule has 1 aliphatic heterocycles. The lowest BCUT2D eigenvalue weighted by molar-refractivity contribution is -0.116. The van der Waals surface area contributed by atoms with E-state index in [1.165, 1.54) is 0 Å². The quantitative estimate of drug-likeness (QED) is 0.769. The zero-order valence-electron chi connectivity index (χ0n) is 8.50. The second-order valence-electron chi connectivity index (χ2n) is 3.39. The molecule has 0 aliphatic carbocycles. The third-order valence-electron chi connectivity index (χ3n) is 2.62. The summed E-state index contributed by atoms with van der Waals surface area (Å²) in [5.41, 5.74) is 2.12. The zero-order valence-corrected chi connectivity index (χ0v) is 10.1. The summed E-state index contributed by atoms with van der Waals surface area (Å²) in [6.45, 7) is 0.750. The fourth-order valence-corrected chi connectivity index (χ4v) is 2.23. The average Bonchev–Trinajstić information content (AvgIpc) is 2.71. The normalized spacial score (nSPS) is 13.9. The van der Waals surface area contributed by atoms with Gasteiger partial charge in [-0.15, -0.1) is 0 Å². The van der Waals surface area contributed by atoms with Crippen molar-refractivity contribution < 1.29 is 9.53 Å². The average molecular weight is 270 g/mol. The molecule has 1 aromatic rings. The van der Waals surface area contributed by atoms with Crippen molar-refractivity contribution >= 4 is 27.5 Å². The van der Waals surface area contributed by atoms with Gasteiger partial charge in [0.05, 0.1) is 18.1 Å². The molecular weight excluding hydrogens is 258 g/mol. The third kappa shape index (κ3) is 1.74. The van der Waals surface area contributed by atoms with Gasteiger partial charge in [-0.1, -0.05) is 22.0 Å². The number of halogens is 1. The highest BCUT2D eigenvalue weighted by molar-refractivity contribution is 9.09. The van der Waals surface area contributed by atoms with Crippen molar-refractivity contribution in [3.05, 3.63) is 23.8 Å². The zero-order chi connectivity index (χ0) is 10.8. The first kappa shape index (κ1) is 10.5. The van der Waals surface area contributed by atoms with E-state index in [9.17, 15) is 4.79 Å². The monoisotopic (exact) mass is 269 g/mol. The van der Waals surface area contributed by atoms with Gasteiger partial charge < -0.3 is 9.64 Å². The molecule has 0 N–H and O–H groups in total. The SMILES string of the molecule is COc1cccc2c1CCN2C(=O)CBr. The largest absolute Gasteiger partial charge is 0.496 e. The van der Waals surface area contributed by atoms with E-state index in [0.717, 1.165) is 30.0 Å². The van der Waals surface area contributed by atoms with Crippen molar-refractivity contribution in [1.29, 1.82) is 0 Å². The van der Waals surface area contributed by atoms with Crippen LogP contribution in [0.1, 0.15) is 5.56 Å². The van der Waals surface area contributed by atoms with Crippen molar-refractivity contribution in [1.82, 2.24) is 0 Å². The van der Waals surface area contributed by atoms with E-state index in [-0.39, 0.29) is 5.91 Å². The van der Waals surface area contributed by atoms with E-state index < -0.39 is 0 Å². The Morgan fingerprint density at radius 3 is 3.07 bits per heavy atom. The molecule has 4 heteroatoms. The van der Waals surface area contributed by atoms with Crippen molar-refractivity contribution in [3.63, 3.8) is 0 Å². The highest BCUT2D eigenvalue weighted by atomic mass is 79.9. The molecule has 2 rings (SSSR count). The molecule has 0 fully saturated rings. The number of fused-ring (bicyclic) bond motifs is 1. The molecule has 0 saturated heterocycles. The van der Waals surface area contributed by atoms with Crippen LogP contribution < -0.4 is 9.64 Å². The molecule has 0 radical (unpaired) electrons. The fourth-order valence-electron chi connectivity index (χ4n) is 1.92. The number of ether oxygens (including phenoxy) is 1. The van der Waals surface area contributed by atoms with Gasteiger partial charge in [0, 0.05) is 12.1 Å². The van der Waals surface area contributed by atoms with Gasteiger partial charge in [-0.25, -0.2) is 0 Å². The standard InChI is InChI=1S/C11H12BrNO2/c1-15-10-4-2-3-9-8(10)5-6-13(9)11(14)7-12/h2-4H,5-7H2,1H3. The molecule has 0 spiro atoms. The van der Waals surface area contributed by atoms with E-state index in [2.05, 4.69) is 15.9 Å². The highest BCUT2D eigenvalue weighted by Gasteiger charge is 2.25. The topological polar surface area (TPSA) is 29.5 Å². The first-order valence-electron chi connectivity index (χ1n) is 4.80. The maximum absolute atomic E-state index is 11.6. The van der Waals surface area contributed by atoms with Crippen molar-refractivity contribution in [2.45, 2.75) is 6.42 Å². The molecule has 0 aromatic heterocycles. The summed E-state index contributed by atoms with van der Waals surface area (Å²) in [5.74, 6) is 0.972. The van der Waals surface area contributed by atoms with Crippen molar-refractivity contribution in [3.8, 4) is 5.75 Å². The Kier molecular flexibility index (Phi) is 2.95. The summed E-state index contributed by atoms with van der Waals surface area (Å²) in [5, 5.41) is 0.365. The Balaban J connectivity index is 2.39. The minimum absolute atomic E-state index is 0.0991. The minimum atomic E-state index is 0.0991. The lowest BCUT2D eigenvalue weighted by Crippen LogP contribution is -2.29. The Morgan fingerprint density at radius 1 is 1.60 bits per heavy atom. The second-order valence-corrected chi connectivity index (χ2v) is 3.95. The van der Waals surface area contributed by atoms with Crippen LogP contribution >= 0.6 is 15.9 Å². The summed E-state index contributed by atoms with van der Waals surface area (Å²) in [6.07, 6.45) is 0.873. The van der Waals surface area contributed by atoms with Gasteiger partial charge >= 0.3 is 0 Å². The maximum atomic E-state index is 11.6. The van der Waals surface area contributed by atoms with E-state index >= 15 is 0 Å². The number of alkyl halides is 1. The van der Waals surface area contributed by atoms with Crippen LogP contribution in [0.3, 0.4) is 0 Å². The Hall–Kier alpha value is -1.03. The number of benzene rings is 1. The summed E-state index contributed by atoms with van der Waals surface area (Å²) in [6, 6.07) is 5.81. The number of amides is 1. The summed E-state index contributed by atoms with van der Waals surface area (Å²) >= 11 is 3.19. The van der Waals surface area contributed by atoms with Gasteiger partial charge in [-0.05, 0) is 18.6 Å². The number of anilines is 1. The maximum Gasteiger partial charge on any atom is 0.237 e. The van der Waals surface area contributed by atoms with Gasteiger partial charge in [0.1, 0.15) is 5.75 Å². The molecule has 0 atom stereocenters. The number of carbonyl (C=O) groups is 1. The Morgan fingerprint density at radius 2 is 2.40 bits per heavy atom. The van der Waals surface area contributed by atoms with Gasteiger partial charge in [0.25, 0.3) is 0 Å². The van der Waals surface area contributed by atoms with Gasteiger partial charge in [-0.3, -0.25) is 4.79 Å². The second kappa shape index (κ2) is 4.23.